The number of carbonyl (C=O) groups excluding carboxylic acids is 2. The zero-order valence-electron chi connectivity index (χ0n) is 13.0. The number of primary amides is 1. The van der Waals surface area contributed by atoms with E-state index in [1.807, 2.05) is 43.5 Å². The smallest absolute Gasteiger partial charge is 0.261 e. The molecule has 0 spiro atoms. The molecule has 0 aliphatic heterocycles. The number of nitrogens with one attached hydrogen (secondary N) is 1. The predicted octanol–water partition coefficient (Wildman–Crippen LogP) is 2.52. The standard InChI is InChI=1S/C17H16N4O2S/c1-11(20-17(23)15-9-13(10-24-15)16(18)22)12-3-5-14(6-4-12)21-8-2-7-19-21/h2-11H,1H3,(H2,18,22)(H,20,23). The van der Waals surface area contributed by atoms with Crippen molar-refractivity contribution in [3.05, 3.63) is 70.2 Å². The van der Waals surface area contributed by atoms with E-state index >= 15 is 0 Å². The van der Waals surface area contributed by atoms with Crippen molar-refractivity contribution in [2.45, 2.75) is 13.0 Å². The molecule has 2 heterocycles. The van der Waals surface area contributed by atoms with Gasteiger partial charge in [-0.25, -0.2) is 4.68 Å². The summed E-state index contributed by atoms with van der Waals surface area (Å²) in [6, 6.07) is 11.0. The number of hydrogen-bond acceptors (Lipinski definition) is 4. The summed E-state index contributed by atoms with van der Waals surface area (Å²) in [5, 5.41) is 8.68. The first-order valence-electron chi connectivity index (χ1n) is 7.34. The highest BCUT2D eigenvalue weighted by Crippen LogP contribution is 2.18. The average Bonchev–Trinajstić information content (AvgIpc) is 3.26. The summed E-state index contributed by atoms with van der Waals surface area (Å²) in [6.45, 7) is 1.91. The zero-order valence-corrected chi connectivity index (χ0v) is 13.8. The van der Waals surface area contributed by atoms with Gasteiger partial charge in [0.25, 0.3) is 5.91 Å². The van der Waals surface area contributed by atoms with E-state index in [1.165, 1.54) is 17.4 Å². The van der Waals surface area contributed by atoms with Gasteiger partial charge in [-0.3, -0.25) is 9.59 Å². The quantitative estimate of drug-likeness (QED) is 0.748. The Morgan fingerprint density at radius 1 is 1.29 bits per heavy atom. The van der Waals surface area contributed by atoms with Crippen LogP contribution in [0.3, 0.4) is 0 Å². The lowest BCUT2D eigenvalue weighted by Gasteiger charge is -2.14. The molecule has 0 radical (unpaired) electrons. The van der Waals surface area contributed by atoms with Gasteiger partial charge < -0.3 is 11.1 Å². The minimum Gasteiger partial charge on any atom is -0.366 e. The van der Waals surface area contributed by atoms with Crippen LogP contribution in [0.2, 0.25) is 0 Å². The van der Waals surface area contributed by atoms with E-state index in [-0.39, 0.29) is 11.9 Å². The number of rotatable bonds is 5. The molecule has 0 fully saturated rings. The molecular formula is C17H16N4O2S. The van der Waals surface area contributed by atoms with Gasteiger partial charge in [-0.15, -0.1) is 11.3 Å². The lowest BCUT2D eigenvalue weighted by atomic mass is 10.1. The van der Waals surface area contributed by atoms with Gasteiger partial charge in [0.15, 0.2) is 0 Å². The van der Waals surface area contributed by atoms with Crippen molar-refractivity contribution in [3.8, 4) is 5.69 Å². The van der Waals surface area contributed by atoms with E-state index in [0.717, 1.165) is 11.3 Å². The molecule has 0 bridgehead atoms. The Bertz CT molecular complexity index is 853. The highest BCUT2D eigenvalue weighted by Gasteiger charge is 2.15. The third-order valence-electron chi connectivity index (χ3n) is 3.62. The predicted molar refractivity (Wildman–Crippen MR) is 92.3 cm³/mol. The number of nitrogens with two attached hydrogens (primary N) is 1. The molecule has 0 aliphatic carbocycles. The van der Waals surface area contributed by atoms with Crippen molar-refractivity contribution >= 4 is 23.2 Å². The summed E-state index contributed by atoms with van der Waals surface area (Å²) >= 11 is 1.20. The van der Waals surface area contributed by atoms with E-state index in [9.17, 15) is 9.59 Å². The molecule has 1 unspecified atom stereocenters. The summed E-state index contributed by atoms with van der Waals surface area (Å²) in [7, 11) is 0. The van der Waals surface area contributed by atoms with Crippen LogP contribution in [0.25, 0.3) is 5.69 Å². The van der Waals surface area contributed by atoms with Crippen LogP contribution in [0.5, 0.6) is 0 Å². The molecule has 24 heavy (non-hydrogen) atoms. The molecule has 7 heteroatoms. The number of aromatic nitrogens is 2. The van der Waals surface area contributed by atoms with Crippen molar-refractivity contribution in [3.63, 3.8) is 0 Å². The molecule has 1 aromatic carbocycles. The Morgan fingerprint density at radius 3 is 2.62 bits per heavy atom. The van der Waals surface area contributed by atoms with Crippen LogP contribution in [0.15, 0.2) is 54.2 Å². The van der Waals surface area contributed by atoms with Gasteiger partial charge in [-0.05, 0) is 36.8 Å². The Kier molecular flexibility index (Phi) is 4.43. The van der Waals surface area contributed by atoms with E-state index in [2.05, 4.69) is 10.4 Å². The lowest BCUT2D eigenvalue weighted by Crippen LogP contribution is -2.26. The summed E-state index contributed by atoms with van der Waals surface area (Å²) in [6.07, 6.45) is 3.59. The second kappa shape index (κ2) is 6.67. The normalized spacial score (nSPS) is 11.9. The van der Waals surface area contributed by atoms with Crippen molar-refractivity contribution in [1.29, 1.82) is 0 Å². The van der Waals surface area contributed by atoms with Crippen molar-refractivity contribution in [2.24, 2.45) is 5.73 Å². The number of carbonyl (C=O) groups is 2. The largest absolute Gasteiger partial charge is 0.366 e. The van der Waals surface area contributed by atoms with Crippen molar-refractivity contribution < 1.29 is 9.59 Å². The first kappa shape index (κ1) is 15.9. The maximum Gasteiger partial charge on any atom is 0.261 e. The lowest BCUT2D eigenvalue weighted by molar-refractivity contribution is 0.0944. The van der Waals surface area contributed by atoms with Gasteiger partial charge >= 0.3 is 0 Å². The maximum absolute atomic E-state index is 12.3. The molecule has 1 atom stereocenters. The summed E-state index contributed by atoms with van der Waals surface area (Å²) in [4.78, 5) is 23.8. The molecule has 122 valence electrons. The van der Waals surface area contributed by atoms with E-state index in [4.69, 9.17) is 5.73 Å². The molecule has 3 aromatic rings. The van der Waals surface area contributed by atoms with Crippen LogP contribution in [-0.2, 0) is 0 Å². The second-order valence-electron chi connectivity index (χ2n) is 5.30. The number of benzene rings is 1. The van der Waals surface area contributed by atoms with Gasteiger partial charge in [0, 0.05) is 17.8 Å². The van der Waals surface area contributed by atoms with Gasteiger partial charge in [0.05, 0.1) is 22.2 Å². The van der Waals surface area contributed by atoms with Crippen LogP contribution in [0.1, 0.15) is 38.6 Å². The molecule has 2 aromatic heterocycles. The third-order valence-corrected chi connectivity index (χ3v) is 4.55. The Labute approximate surface area is 142 Å². The van der Waals surface area contributed by atoms with Gasteiger partial charge in [0.2, 0.25) is 5.91 Å². The molecule has 6 nitrogen and oxygen atoms in total. The van der Waals surface area contributed by atoms with Crippen LogP contribution >= 0.6 is 11.3 Å². The van der Waals surface area contributed by atoms with Crippen LogP contribution in [-0.4, -0.2) is 21.6 Å². The van der Waals surface area contributed by atoms with E-state index in [0.29, 0.717) is 10.4 Å². The first-order valence-corrected chi connectivity index (χ1v) is 8.22. The number of amides is 2. The van der Waals surface area contributed by atoms with Gasteiger partial charge in [-0.1, -0.05) is 12.1 Å². The topological polar surface area (TPSA) is 90.0 Å². The first-order chi connectivity index (χ1) is 11.5. The van der Waals surface area contributed by atoms with Crippen LogP contribution in [0, 0.1) is 0 Å². The zero-order chi connectivity index (χ0) is 17.1. The minimum absolute atomic E-state index is 0.164. The Balaban J connectivity index is 1.68. The minimum atomic E-state index is -0.535. The molecule has 0 saturated carbocycles. The Hall–Kier alpha value is -2.93. The van der Waals surface area contributed by atoms with Crippen LogP contribution in [0.4, 0.5) is 0 Å². The maximum atomic E-state index is 12.3. The van der Waals surface area contributed by atoms with Crippen LogP contribution < -0.4 is 11.1 Å². The third kappa shape index (κ3) is 3.36. The molecule has 2 amide bonds. The fourth-order valence-electron chi connectivity index (χ4n) is 2.27. The molecule has 0 saturated heterocycles. The van der Waals surface area contributed by atoms with Crippen molar-refractivity contribution in [1.82, 2.24) is 15.1 Å². The summed E-state index contributed by atoms with van der Waals surface area (Å²) in [5.41, 5.74) is 7.48. The number of hydrogen-bond donors (Lipinski definition) is 2. The van der Waals surface area contributed by atoms with E-state index < -0.39 is 5.91 Å². The number of thiophene rings is 1. The highest BCUT2D eigenvalue weighted by atomic mass is 32.1. The van der Waals surface area contributed by atoms with Crippen molar-refractivity contribution in [2.75, 3.05) is 0 Å². The molecular weight excluding hydrogens is 324 g/mol. The molecule has 0 aliphatic rings. The number of nitrogens with zero attached hydrogens (tertiary/aromatic N) is 2. The monoisotopic (exact) mass is 340 g/mol. The SMILES string of the molecule is CC(NC(=O)c1cc(C(N)=O)cs1)c1ccc(-n2cccn2)cc1. The average molecular weight is 340 g/mol. The fourth-order valence-corrected chi connectivity index (χ4v) is 3.07. The van der Waals surface area contributed by atoms with Gasteiger partial charge in [-0.2, -0.15) is 5.10 Å². The summed E-state index contributed by atoms with van der Waals surface area (Å²) in [5.74, 6) is -0.760. The molecule has 3 rings (SSSR count). The van der Waals surface area contributed by atoms with E-state index in [1.54, 1.807) is 16.3 Å². The van der Waals surface area contributed by atoms with Gasteiger partial charge in [0.1, 0.15) is 0 Å². The summed E-state index contributed by atoms with van der Waals surface area (Å²) < 4.78 is 1.77. The molecule has 3 N–H and O–H groups in total. The fraction of sp³-hybridized carbons (Fsp3) is 0.118. The highest BCUT2D eigenvalue weighted by molar-refractivity contribution is 7.12. The second-order valence-corrected chi connectivity index (χ2v) is 6.21. The Morgan fingerprint density at radius 2 is 2.04 bits per heavy atom.